The van der Waals surface area contributed by atoms with Crippen molar-refractivity contribution < 1.29 is 9.15 Å². The topological polar surface area (TPSA) is 63.4 Å². The Hall–Kier alpha value is -2.31. The number of piperazine rings is 1. The van der Waals surface area contributed by atoms with Gasteiger partial charge in [0.15, 0.2) is 11.6 Å². The Kier molecular flexibility index (Phi) is 7.12. The molecule has 3 aromatic rings. The van der Waals surface area contributed by atoms with Crippen LogP contribution in [0.5, 0.6) is 5.75 Å². The molecular formula is C21H27ClN4O2. The highest BCUT2D eigenvalue weighted by atomic mass is 35.5. The maximum absolute atomic E-state index is 5.64. The van der Waals surface area contributed by atoms with E-state index >= 15 is 0 Å². The zero-order valence-corrected chi connectivity index (χ0v) is 17.0. The lowest BCUT2D eigenvalue weighted by Crippen LogP contribution is -2.51. The number of nitrogens with one attached hydrogen (secondary N) is 1. The number of unbranched alkanes of at least 4 members (excludes halogenated alkanes) is 1. The third-order valence-corrected chi connectivity index (χ3v) is 5.24. The predicted molar refractivity (Wildman–Crippen MR) is 114 cm³/mol. The van der Waals surface area contributed by atoms with Crippen molar-refractivity contribution in [1.82, 2.24) is 15.3 Å². The molecule has 150 valence electrons. The fourth-order valence-electron chi connectivity index (χ4n) is 3.84. The number of rotatable bonds is 7. The maximum atomic E-state index is 5.64. The van der Waals surface area contributed by atoms with Gasteiger partial charge in [0.2, 0.25) is 0 Å². The molecule has 0 bridgehead atoms. The van der Waals surface area contributed by atoms with Crippen molar-refractivity contribution in [3.8, 4) is 5.75 Å². The number of hydrogen-bond acceptors (Lipinski definition) is 6. The molecule has 1 N–H and O–H groups in total. The molecule has 1 unspecified atom stereocenters. The van der Waals surface area contributed by atoms with E-state index in [1.54, 1.807) is 19.6 Å². The van der Waals surface area contributed by atoms with Gasteiger partial charge in [-0.1, -0.05) is 24.6 Å². The Balaban J connectivity index is 0.00000225. The summed E-state index contributed by atoms with van der Waals surface area (Å²) >= 11 is 0. The number of benzene rings is 1. The molecule has 4 rings (SSSR count). The summed E-state index contributed by atoms with van der Waals surface area (Å²) in [6.45, 7) is 2.84. The van der Waals surface area contributed by atoms with E-state index in [-0.39, 0.29) is 12.4 Å². The van der Waals surface area contributed by atoms with E-state index < -0.39 is 0 Å². The average Bonchev–Trinajstić information content (AvgIpc) is 3.14. The van der Waals surface area contributed by atoms with E-state index in [4.69, 9.17) is 9.15 Å². The second-order valence-electron chi connectivity index (χ2n) is 7.01. The highest BCUT2D eigenvalue weighted by Crippen LogP contribution is 2.26. The van der Waals surface area contributed by atoms with E-state index in [2.05, 4.69) is 32.3 Å². The molecule has 0 radical (unpaired) electrons. The Labute approximate surface area is 171 Å². The molecule has 1 aliphatic rings. The van der Waals surface area contributed by atoms with Crippen molar-refractivity contribution in [2.75, 3.05) is 31.6 Å². The summed E-state index contributed by atoms with van der Waals surface area (Å²) in [6, 6.07) is 8.73. The minimum atomic E-state index is 0. The molecule has 1 aliphatic heterocycles. The highest BCUT2D eigenvalue weighted by Gasteiger charge is 2.22. The van der Waals surface area contributed by atoms with E-state index in [1.165, 1.54) is 23.8 Å². The van der Waals surface area contributed by atoms with Gasteiger partial charge < -0.3 is 19.4 Å². The highest BCUT2D eigenvalue weighted by molar-refractivity contribution is 5.85. The predicted octanol–water partition coefficient (Wildman–Crippen LogP) is 3.84. The lowest BCUT2D eigenvalue weighted by Gasteiger charge is -2.35. The number of halogens is 1. The van der Waals surface area contributed by atoms with Crippen LogP contribution in [0.25, 0.3) is 11.0 Å². The second kappa shape index (κ2) is 9.75. The molecule has 0 spiro atoms. The molecule has 0 saturated carbocycles. The molecule has 7 heteroatoms. The fraction of sp³-hybridized carbons (Fsp3) is 0.429. The van der Waals surface area contributed by atoms with E-state index in [9.17, 15) is 0 Å². The Morgan fingerprint density at radius 3 is 3.07 bits per heavy atom. The Morgan fingerprint density at radius 2 is 2.18 bits per heavy atom. The first-order valence-electron chi connectivity index (χ1n) is 9.62. The first kappa shape index (κ1) is 20.4. The number of anilines is 1. The van der Waals surface area contributed by atoms with Crippen LogP contribution in [0.2, 0.25) is 0 Å². The number of furan rings is 1. The van der Waals surface area contributed by atoms with Gasteiger partial charge in [0, 0.05) is 31.1 Å². The fourth-order valence-corrected chi connectivity index (χ4v) is 3.84. The van der Waals surface area contributed by atoms with Crippen LogP contribution in [-0.4, -0.2) is 42.8 Å². The molecule has 1 aromatic carbocycles. The molecule has 28 heavy (non-hydrogen) atoms. The van der Waals surface area contributed by atoms with Crippen molar-refractivity contribution in [2.24, 2.45) is 0 Å². The SMILES string of the molecule is COc1cncnc1N1CCNC(CCCCc2coc3ccccc23)C1.Cl. The smallest absolute Gasteiger partial charge is 0.179 e. The van der Waals surface area contributed by atoms with Crippen LogP contribution in [0.3, 0.4) is 0 Å². The Bertz CT molecular complexity index is 885. The van der Waals surface area contributed by atoms with Gasteiger partial charge in [-0.05, 0) is 30.9 Å². The monoisotopic (exact) mass is 402 g/mol. The summed E-state index contributed by atoms with van der Waals surface area (Å²) in [5, 5.41) is 4.88. The summed E-state index contributed by atoms with van der Waals surface area (Å²) in [4.78, 5) is 10.8. The van der Waals surface area contributed by atoms with Gasteiger partial charge >= 0.3 is 0 Å². The van der Waals surface area contributed by atoms with E-state index in [1.807, 2.05) is 18.4 Å². The van der Waals surface area contributed by atoms with Crippen molar-refractivity contribution in [3.63, 3.8) is 0 Å². The summed E-state index contributed by atoms with van der Waals surface area (Å²) in [7, 11) is 1.67. The molecule has 3 heterocycles. The van der Waals surface area contributed by atoms with Gasteiger partial charge in [-0.15, -0.1) is 12.4 Å². The number of para-hydroxylation sites is 1. The molecule has 6 nitrogen and oxygen atoms in total. The van der Waals surface area contributed by atoms with Crippen molar-refractivity contribution >= 4 is 29.2 Å². The summed E-state index contributed by atoms with van der Waals surface area (Å²) < 4.78 is 11.1. The first-order chi connectivity index (χ1) is 13.3. The minimum absolute atomic E-state index is 0. The number of aryl methyl sites for hydroxylation is 1. The van der Waals surface area contributed by atoms with E-state index in [0.717, 1.165) is 49.6 Å². The quantitative estimate of drug-likeness (QED) is 0.606. The van der Waals surface area contributed by atoms with Gasteiger partial charge in [0.1, 0.15) is 11.9 Å². The molecule has 1 fully saturated rings. The zero-order chi connectivity index (χ0) is 18.5. The van der Waals surface area contributed by atoms with Crippen LogP contribution in [0.15, 0.2) is 47.5 Å². The maximum Gasteiger partial charge on any atom is 0.179 e. The minimum Gasteiger partial charge on any atom is -0.491 e. The largest absolute Gasteiger partial charge is 0.491 e. The number of hydrogen-bond donors (Lipinski definition) is 1. The summed E-state index contributed by atoms with van der Waals surface area (Å²) in [6.07, 6.45) is 9.79. The van der Waals surface area contributed by atoms with Gasteiger partial charge in [0.05, 0.1) is 19.6 Å². The summed E-state index contributed by atoms with van der Waals surface area (Å²) in [5.41, 5.74) is 2.30. The van der Waals surface area contributed by atoms with Crippen molar-refractivity contribution in [2.45, 2.75) is 31.7 Å². The number of methoxy groups -OCH3 is 1. The lowest BCUT2D eigenvalue weighted by atomic mass is 10.0. The van der Waals surface area contributed by atoms with Crippen LogP contribution in [-0.2, 0) is 6.42 Å². The molecule has 0 aliphatic carbocycles. The van der Waals surface area contributed by atoms with Crippen LogP contribution >= 0.6 is 12.4 Å². The van der Waals surface area contributed by atoms with Gasteiger partial charge in [-0.3, -0.25) is 0 Å². The van der Waals surface area contributed by atoms with Crippen LogP contribution < -0.4 is 15.0 Å². The number of nitrogens with zero attached hydrogens (tertiary/aromatic N) is 3. The van der Waals surface area contributed by atoms with Crippen molar-refractivity contribution in [1.29, 1.82) is 0 Å². The van der Waals surface area contributed by atoms with Gasteiger partial charge in [-0.2, -0.15) is 0 Å². The average molecular weight is 403 g/mol. The van der Waals surface area contributed by atoms with Crippen LogP contribution in [0.1, 0.15) is 24.8 Å². The zero-order valence-electron chi connectivity index (χ0n) is 16.1. The number of aromatic nitrogens is 2. The second-order valence-corrected chi connectivity index (χ2v) is 7.01. The molecule has 1 atom stereocenters. The number of ether oxygens (including phenoxy) is 1. The standard InChI is InChI=1S/C21H26N4O2.ClH/c1-26-20-12-22-15-24-21(20)25-11-10-23-17(13-25)7-3-2-6-16-14-27-19-9-5-4-8-18(16)19;/h4-5,8-9,12,14-15,17,23H,2-3,6-7,10-11,13H2,1H3;1H. The van der Waals surface area contributed by atoms with Crippen LogP contribution in [0.4, 0.5) is 5.82 Å². The Morgan fingerprint density at radius 1 is 1.29 bits per heavy atom. The molecular weight excluding hydrogens is 376 g/mol. The molecule has 0 amide bonds. The third kappa shape index (κ3) is 4.56. The summed E-state index contributed by atoms with van der Waals surface area (Å²) in [5.74, 6) is 1.63. The van der Waals surface area contributed by atoms with Gasteiger partial charge in [-0.25, -0.2) is 9.97 Å². The lowest BCUT2D eigenvalue weighted by molar-refractivity contribution is 0.395. The molecule has 1 saturated heterocycles. The van der Waals surface area contributed by atoms with Crippen LogP contribution in [0, 0.1) is 0 Å². The van der Waals surface area contributed by atoms with Gasteiger partial charge in [0.25, 0.3) is 0 Å². The first-order valence-corrected chi connectivity index (χ1v) is 9.62. The number of fused-ring (bicyclic) bond motifs is 1. The molecule has 2 aromatic heterocycles. The third-order valence-electron chi connectivity index (χ3n) is 5.24. The van der Waals surface area contributed by atoms with E-state index in [0.29, 0.717) is 6.04 Å². The van der Waals surface area contributed by atoms with Crippen molar-refractivity contribution in [3.05, 3.63) is 48.6 Å². The normalized spacial score (nSPS) is 16.8.